The van der Waals surface area contributed by atoms with E-state index in [1.165, 1.54) is 12.3 Å². The summed E-state index contributed by atoms with van der Waals surface area (Å²) in [6, 6.07) is 1.25. The van der Waals surface area contributed by atoms with E-state index in [2.05, 4.69) is 19.9 Å². The average molecular weight is 587 g/mol. The molecule has 0 aliphatic carbocycles. The van der Waals surface area contributed by atoms with Gasteiger partial charge in [0.15, 0.2) is 23.6 Å². The number of nitrogens with one attached hydrogen (secondary N) is 1. The molecule has 2 aliphatic heterocycles. The molecule has 9 N–H and O–H groups in total. The van der Waals surface area contributed by atoms with Crippen LogP contribution in [0, 0.1) is 0 Å². The molecule has 0 bridgehead atoms. The minimum absolute atomic E-state index is 0.0833. The van der Waals surface area contributed by atoms with Crippen LogP contribution in [-0.2, 0) is 23.1 Å². The Kier molecular flexibility index (Phi) is 7.48. The highest BCUT2D eigenvalue weighted by molar-refractivity contribution is 7.45. The molecule has 218 valence electrons. The molecule has 0 saturated carbocycles. The number of hydrogen-bond acceptors (Lipinski definition) is 17. The summed E-state index contributed by atoms with van der Waals surface area (Å²) in [7, 11) is -5.29. The van der Waals surface area contributed by atoms with Gasteiger partial charge in [-0.2, -0.15) is 9.97 Å². The monoisotopic (exact) mass is 587 g/mol. The highest BCUT2D eigenvalue weighted by atomic mass is 31.2. The van der Waals surface area contributed by atoms with Gasteiger partial charge in [-0.25, -0.2) is 9.78 Å². The molecule has 20 nitrogen and oxygen atoms in total. The summed E-state index contributed by atoms with van der Waals surface area (Å²) >= 11 is 0. The van der Waals surface area contributed by atoms with E-state index in [-0.39, 0.29) is 22.9 Å². The van der Waals surface area contributed by atoms with Gasteiger partial charge in [0, 0.05) is 6.20 Å². The Bertz CT molecular complexity index is 1560. The van der Waals surface area contributed by atoms with Crippen LogP contribution in [0.2, 0.25) is 0 Å². The van der Waals surface area contributed by atoms with Crippen LogP contribution in [0.5, 0.6) is 0 Å². The van der Waals surface area contributed by atoms with Crippen molar-refractivity contribution in [3.8, 4) is 0 Å². The first kappa shape index (κ1) is 28.2. The van der Waals surface area contributed by atoms with Gasteiger partial charge in [-0.3, -0.25) is 23.5 Å². The zero-order valence-corrected chi connectivity index (χ0v) is 21.1. The van der Waals surface area contributed by atoms with Gasteiger partial charge in [-0.05, 0) is 6.07 Å². The van der Waals surface area contributed by atoms with E-state index in [0.29, 0.717) is 0 Å². The van der Waals surface area contributed by atoms with Crippen LogP contribution < -0.4 is 27.6 Å². The van der Waals surface area contributed by atoms with Gasteiger partial charge in [0.2, 0.25) is 5.95 Å². The van der Waals surface area contributed by atoms with E-state index in [0.717, 1.165) is 15.5 Å². The number of phosphoric acid groups is 1. The van der Waals surface area contributed by atoms with Crippen molar-refractivity contribution in [2.24, 2.45) is 0 Å². The Morgan fingerprint density at radius 2 is 1.77 bits per heavy atom. The lowest BCUT2D eigenvalue weighted by molar-refractivity contribution is -0.236. The number of aliphatic hydroxyl groups excluding tert-OH is 4. The Balaban J connectivity index is 1.28. The third-order valence-corrected chi connectivity index (χ3v) is 7.29. The van der Waals surface area contributed by atoms with E-state index >= 15 is 0 Å². The van der Waals surface area contributed by atoms with Crippen LogP contribution >= 0.6 is 7.82 Å². The predicted molar refractivity (Wildman–Crippen MR) is 127 cm³/mol. The molecule has 2 fully saturated rings. The van der Waals surface area contributed by atoms with Gasteiger partial charge in [-0.1, -0.05) is 0 Å². The molecule has 2 aliphatic rings. The lowest BCUT2D eigenvalue weighted by Gasteiger charge is -2.30. The molecule has 40 heavy (non-hydrogen) atoms. The van der Waals surface area contributed by atoms with Gasteiger partial charge >= 0.3 is 5.69 Å². The number of fused-ring (bicyclic) bond motifs is 1. The van der Waals surface area contributed by atoms with Crippen molar-refractivity contribution in [1.29, 1.82) is 0 Å². The molecular formula is C19H24N8O12P-. The van der Waals surface area contributed by atoms with Crippen LogP contribution in [-0.4, -0.2) is 99.3 Å². The smallest absolute Gasteiger partial charge is 0.351 e. The summed E-state index contributed by atoms with van der Waals surface area (Å²) in [6.45, 7) is -1.65. The number of hydrogen-bond donors (Lipinski definition) is 7. The number of imidazole rings is 1. The Labute approximate surface area is 222 Å². The van der Waals surface area contributed by atoms with E-state index in [9.17, 15) is 39.5 Å². The van der Waals surface area contributed by atoms with Gasteiger partial charge < -0.3 is 55.3 Å². The molecule has 3 aromatic heterocycles. The molecule has 5 heterocycles. The molecular weight excluding hydrogens is 563 g/mol. The van der Waals surface area contributed by atoms with Crippen molar-refractivity contribution >= 4 is 30.8 Å². The number of H-pyrrole nitrogens is 1. The number of rotatable bonds is 8. The summed E-state index contributed by atoms with van der Waals surface area (Å²) in [5.74, 6) is -0.340. The van der Waals surface area contributed by atoms with E-state index in [1.807, 2.05) is 0 Å². The third kappa shape index (κ3) is 5.12. The minimum Gasteiger partial charge on any atom is -0.756 e. The number of nitrogen functional groups attached to an aromatic ring is 2. The van der Waals surface area contributed by atoms with Gasteiger partial charge in [0.1, 0.15) is 42.4 Å². The molecule has 21 heteroatoms. The molecule has 0 spiro atoms. The minimum atomic E-state index is -5.29. The number of phosphoric ester groups is 1. The number of nitrogens with zero attached hydrogens (tertiary/aromatic N) is 5. The summed E-state index contributed by atoms with van der Waals surface area (Å²) in [6.07, 6.45) is -10.1. The van der Waals surface area contributed by atoms with Crippen LogP contribution in [0.4, 0.5) is 11.8 Å². The second kappa shape index (κ2) is 10.6. The van der Waals surface area contributed by atoms with Crippen molar-refractivity contribution in [2.75, 3.05) is 24.7 Å². The number of anilines is 2. The molecule has 0 radical (unpaired) electrons. The second-order valence-corrected chi connectivity index (χ2v) is 10.3. The molecule has 5 rings (SSSR count). The fourth-order valence-electron chi connectivity index (χ4n) is 4.42. The molecule has 0 amide bonds. The Morgan fingerprint density at radius 3 is 2.48 bits per heavy atom. The van der Waals surface area contributed by atoms with Crippen LogP contribution in [0.3, 0.4) is 0 Å². The predicted octanol–water partition coefficient (Wildman–Crippen LogP) is -4.72. The van der Waals surface area contributed by atoms with Gasteiger partial charge in [0.05, 0.1) is 19.5 Å². The lowest BCUT2D eigenvalue weighted by Crippen LogP contribution is -2.38. The first-order chi connectivity index (χ1) is 18.9. The van der Waals surface area contributed by atoms with Crippen molar-refractivity contribution in [1.82, 2.24) is 29.1 Å². The topological polar surface area (TPSA) is 308 Å². The third-order valence-electron chi connectivity index (χ3n) is 6.32. The average Bonchev–Trinajstić information content (AvgIpc) is 3.53. The Hall–Kier alpha value is -3.30. The SMILES string of the molecule is Nc1ccn(C2OC(COP(=O)([O-])OC3C(CO)OC(n4cnc5c(=O)[nH]c(N)nc54)C3O)C(O)C2O)c(=O)n1. The number of ether oxygens (including phenoxy) is 2. The molecule has 9 atom stereocenters. The fraction of sp³-hybridized carbons (Fsp3) is 0.526. The maximum atomic E-state index is 12.6. The molecule has 3 aromatic rings. The molecule has 2 saturated heterocycles. The zero-order valence-electron chi connectivity index (χ0n) is 20.2. The van der Waals surface area contributed by atoms with Crippen molar-refractivity contribution < 1.29 is 48.4 Å². The zero-order chi connectivity index (χ0) is 28.9. The quantitative estimate of drug-likeness (QED) is 0.122. The fourth-order valence-corrected chi connectivity index (χ4v) is 5.37. The number of aromatic amines is 1. The normalized spacial score (nSPS) is 32.0. The van der Waals surface area contributed by atoms with Crippen LogP contribution in [0.25, 0.3) is 11.2 Å². The van der Waals surface area contributed by atoms with E-state index in [4.69, 9.17) is 30.0 Å². The van der Waals surface area contributed by atoms with Crippen LogP contribution in [0.1, 0.15) is 12.5 Å². The number of aliphatic hydroxyl groups is 4. The maximum Gasteiger partial charge on any atom is 0.351 e. The molecule has 9 unspecified atom stereocenters. The first-order valence-corrected chi connectivity index (χ1v) is 13.0. The summed E-state index contributed by atoms with van der Waals surface area (Å²) in [5, 5.41) is 41.2. The second-order valence-electron chi connectivity index (χ2n) is 8.92. The van der Waals surface area contributed by atoms with Crippen molar-refractivity contribution in [3.63, 3.8) is 0 Å². The first-order valence-electron chi connectivity index (χ1n) is 11.6. The van der Waals surface area contributed by atoms with Gasteiger partial charge in [-0.15, -0.1) is 0 Å². The van der Waals surface area contributed by atoms with Crippen LogP contribution in [0.15, 0.2) is 28.2 Å². The summed E-state index contributed by atoms with van der Waals surface area (Å²) < 4.78 is 35.4. The van der Waals surface area contributed by atoms with E-state index in [1.54, 1.807) is 0 Å². The highest BCUT2D eigenvalue weighted by Crippen LogP contribution is 2.46. The summed E-state index contributed by atoms with van der Waals surface area (Å²) in [5.41, 5.74) is 9.23. The molecule has 0 aromatic carbocycles. The number of aromatic nitrogens is 6. The van der Waals surface area contributed by atoms with Crippen molar-refractivity contribution in [3.05, 3.63) is 39.4 Å². The maximum absolute atomic E-state index is 12.6. The Morgan fingerprint density at radius 1 is 1.07 bits per heavy atom. The van der Waals surface area contributed by atoms with Gasteiger partial charge in [0.25, 0.3) is 13.4 Å². The largest absolute Gasteiger partial charge is 0.756 e. The summed E-state index contributed by atoms with van der Waals surface area (Å²) in [4.78, 5) is 50.3. The van der Waals surface area contributed by atoms with E-state index < -0.39 is 81.4 Å². The standard InChI is InChI=1S/C19H25N8O12P/c20-8-1-2-26(19(33)23-8)16-11(30)10(29)7(38-16)4-36-40(34,35)39-13-6(3-28)37-17(12(13)31)27-5-22-9-14(27)24-18(21)25-15(9)32/h1-2,5-7,10-13,16-17,28-31H,3-4H2,(H,34,35)(H2,20,23,33)(H3,21,24,25,32)/p-1. The lowest BCUT2D eigenvalue weighted by atomic mass is 10.1. The highest BCUT2D eigenvalue weighted by Gasteiger charge is 2.48. The number of nitrogens with two attached hydrogens (primary N) is 2. The van der Waals surface area contributed by atoms with Crippen molar-refractivity contribution in [2.45, 2.75) is 49.1 Å².